The van der Waals surface area contributed by atoms with Crippen molar-refractivity contribution in [1.82, 2.24) is 0 Å². The number of thiophene rings is 1. The minimum absolute atomic E-state index is 0.0309. The van der Waals surface area contributed by atoms with Crippen LogP contribution >= 0.6 is 11.3 Å². The lowest BCUT2D eigenvalue weighted by Crippen LogP contribution is -2.29. The summed E-state index contributed by atoms with van der Waals surface area (Å²) in [5.41, 5.74) is 1.86. The Bertz CT molecular complexity index is 741. The van der Waals surface area contributed by atoms with Crippen molar-refractivity contribution in [1.29, 1.82) is 0 Å². The zero-order chi connectivity index (χ0) is 21.3. The number of rotatable bonds is 5. The van der Waals surface area contributed by atoms with Gasteiger partial charge in [0.2, 0.25) is 0 Å². The van der Waals surface area contributed by atoms with Crippen LogP contribution in [0.15, 0.2) is 6.08 Å². The Morgan fingerprint density at radius 1 is 1.25 bits per heavy atom. The molecule has 0 spiro atoms. The van der Waals surface area contributed by atoms with Crippen LogP contribution in [0.5, 0.6) is 0 Å². The van der Waals surface area contributed by atoms with E-state index in [4.69, 9.17) is 9.47 Å². The van der Waals surface area contributed by atoms with Crippen LogP contribution in [0.3, 0.4) is 0 Å². The number of ether oxygens (including phenoxy) is 2. The molecular formula is C21H29F3O3S. The molecule has 0 N–H and O–H groups in total. The molecule has 0 aliphatic heterocycles. The monoisotopic (exact) mass is 418 g/mol. The third kappa shape index (κ3) is 5.38. The van der Waals surface area contributed by atoms with Crippen molar-refractivity contribution in [2.24, 2.45) is 5.92 Å². The van der Waals surface area contributed by atoms with Crippen molar-refractivity contribution in [3.8, 4) is 0 Å². The van der Waals surface area contributed by atoms with E-state index in [9.17, 15) is 18.0 Å². The highest BCUT2D eigenvalue weighted by Gasteiger charge is 2.41. The molecule has 1 aliphatic carbocycles. The third-order valence-electron chi connectivity index (χ3n) is 4.74. The molecule has 0 amide bonds. The van der Waals surface area contributed by atoms with E-state index >= 15 is 0 Å². The van der Waals surface area contributed by atoms with E-state index in [1.54, 1.807) is 13.0 Å². The van der Waals surface area contributed by atoms with Crippen molar-refractivity contribution < 1.29 is 27.4 Å². The average Bonchev–Trinajstić information content (AvgIpc) is 2.85. The Labute approximate surface area is 168 Å². The second-order valence-corrected chi connectivity index (χ2v) is 9.54. The number of esters is 1. The molecule has 2 unspecified atom stereocenters. The lowest BCUT2D eigenvalue weighted by molar-refractivity contribution is -0.175. The second kappa shape index (κ2) is 8.57. The fraction of sp³-hybridized carbons (Fsp3) is 0.667. The first-order valence-corrected chi connectivity index (χ1v) is 10.4. The van der Waals surface area contributed by atoms with Crippen LogP contribution in [-0.2, 0) is 14.3 Å². The molecule has 1 heterocycles. The summed E-state index contributed by atoms with van der Waals surface area (Å²) in [6, 6.07) is 0. The molecule has 2 rings (SSSR count). The Hall–Kier alpha value is -1.34. The molecule has 28 heavy (non-hydrogen) atoms. The van der Waals surface area contributed by atoms with Gasteiger partial charge >= 0.3 is 12.1 Å². The number of alkyl halides is 3. The quantitative estimate of drug-likeness (QED) is 0.510. The van der Waals surface area contributed by atoms with Gasteiger partial charge in [0.1, 0.15) is 0 Å². The summed E-state index contributed by atoms with van der Waals surface area (Å²) in [4.78, 5) is 14.6. The molecule has 1 aromatic rings. The number of allylic oxidation sites excluding steroid dienone is 2. The third-order valence-corrected chi connectivity index (χ3v) is 5.77. The van der Waals surface area contributed by atoms with E-state index in [0.717, 1.165) is 26.5 Å². The Morgan fingerprint density at radius 3 is 2.36 bits per heavy atom. The fourth-order valence-corrected chi connectivity index (χ4v) is 4.69. The normalized spacial score (nSPS) is 19.3. The van der Waals surface area contributed by atoms with Crippen molar-refractivity contribution in [3.63, 3.8) is 0 Å². The number of carbonyl (C=O) groups excluding carboxylic acids is 1. The maximum absolute atomic E-state index is 13.0. The molecule has 0 saturated carbocycles. The zero-order valence-electron chi connectivity index (χ0n) is 17.3. The molecule has 0 fully saturated rings. The SMILES string of the molecule is CCOC(=O)C(OC(C)(C)C)c1c(C)sc(C)c1C1=CCC(C(F)(F)F)CC1. The summed E-state index contributed by atoms with van der Waals surface area (Å²) in [5, 5.41) is 0. The summed E-state index contributed by atoms with van der Waals surface area (Å²) >= 11 is 1.53. The largest absolute Gasteiger partial charge is 0.464 e. The van der Waals surface area contributed by atoms with E-state index in [1.807, 2.05) is 34.6 Å². The second-order valence-electron chi connectivity index (χ2n) is 8.11. The summed E-state index contributed by atoms with van der Waals surface area (Å²) in [5.74, 6) is -1.77. The van der Waals surface area contributed by atoms with Gasteiger partial charge in [-0.2, -0.15) is 13.2 Å². The highest BCUT2D eigenvalue weighted by atomic mass is 32.1. The topological polar surface area (TPSA) is 35.5 Å². The molecule has 3 nitrogen and oxygen atoms in total. The number of halogens is 3. The first-order valence-electron chi connectivity index (χ1n) is 9.55. The highest BCUT2D eigenvalue weighted by molar-refractivity contribution is 7.12. The molecule has 158 valence electrons. The van der Waals surface area contributed by atoms with Gasteiger partial charge in [0.25, 0.3) is 0 Å². The molecule has 0 bridgehead atoms. The molecule has 1 aromatic heterocycles. The Morgan fingerprint density at radius 2 is 1.89 bits per heavy atom. The van der Waals surface area contributed by atoms with E-state index in [-0.39, 0.29) is 19.4 Å². The van der Waals surface area contributed by atoms with E-state index in [1.165, 1.54) is 11.3 Å². The van der Waals surface area contributed by atoms with Gasteiger partial charge in [-0.15, -0.1) is 11.3 Å². The predicted molar refractivity (Wildman–Crippen MR) is 105 cm³/mol. The average molecular weight is 419 g/mol. The zero-order valence-corrected chi connectivity index (χ0v) is 18.1. The minimum Gasteiger partial charge on any atom is -0.464 e. The van der Waals surface area contributed by atoms with E-state index < -0.39 is 29.8 Å². The van der Waals surface area contributed by atoms with Gasteiger partial charge < -0.3 is 9.47 Å². The summed E-state index contributed by atoms with van der Waals surface area (Å²) in [6.45, 7) is 11.4. The van der Waals surface area contributed by atoms with E-state index in [0.29, 0.717) is 6.42 Å². The Balaban J connectivity index is 2.48. The van der Waals surface area contributed by atoms with Crippen molar-refractivity contribution in [2.75, 3.05) is 6.61 Å². The first kappa shape index (κ1) is 22.9. The van der Waals surface area contributed by atoms with Gasteiger partial charge in [-0.25, -0.2) is 4.79 Å². The molecule has 1 aliphatic rings. The lowest BCUT2D eigenvalue weighted by Gasteiger charge is -2.29. The minimum atomic E-state index is -4.17. The standard InChI is InChI=1S/C21H29F3O3S/c1-7-26-19(25)18(27-20(4,5)6)17-13(3)28-12(2)16(17)14-8-10-15(11-9-14)21(22,23)24/h8,15,18H,7,9-11H2,1-6H3. The van der Waals surface area contributed by atoms with Crippen molar-refractivity contribution in [3.05, 3.63) is 27.0 Å². The molecule has 7 heteroatoms. The van der Waals surface area contributed by atoms with Gasteiger partial charge in [-0.05, 0) is 71.9 Å². The Kier molecular flexibility index (Phi) is 7.03. The van der Waals surface area contributed by atoms with Crippen LogP contribution in [0.1, 0.15) is 73.9 Å². The van der Waals surface area contributed by atoms with Gasteiger partial charge in [0.05, 0.1) is 18.1 Å². The van der Waals surface area contributed by atoms with Crippen molar-refractivity contribution in [2.45, 2.75) is 78.7 Å². The van der Waals surface area contributed by atoms with Gasteiger partial charge in [-0.1, -0.05) is 6.08 Å². The predicted octanol–water partition coefficient (Wildman–Crippen LogP) is 6.53. The molecule has 0 saturated heterocycles. The number of aryl methyl sites for hydroxylation is 2. The lowest BCUT2D eigenvalue weighted by atomic mass is 9.84. The highest BCUT2D eigenvalue weighted by Crippen LogP contribution is 2.45. The maximum atomic E-state index is 13.0. The maximum Gasteiger partial charge on any atom is 0.392 e. The molecular weight excluding hydrogens is 389 g/mol. The summed E-state index contributed by atoms with van der Waals surface area (Å²) in [7, 11) is 0. The summed E-state index contributed by atoms with van der Waals surface area (Å²) in [6.07, 6.45) is -3.03. The summed E-state index contributed by atoms with van der Waals surface area (Å²) < 4.78 is 50.4. The van der Waals surface area contributed by atoms with Crippen LogP contribution in [0, 0.1) is 19.8 Å². The van der Waals surface area contributed by atoms with Crippen LogP contribution in [-0.4, -0.2) is 24.4 Å². The van der Waals surface area contributed by atoms with Gasteiger partial charge in [0, 0.05) is 15.3 Å². The van der Waals surface area contributed by atoms with Crippen LogP contribution in [0.2, 0.25) is 0 Å². The smallest absolute Gasteiger partial charge is 0.392 e. The molecule has 2 atom stereocenters. The van der Waals surface area contributed by atoms with Crippen LogP contribution in [0.25, 0.3) is 5.57 Å². The van der Waals surface area contributed by atoms with Crippen LogP contribution < -0.4 is 0 Å². The fourth-order valence-electron chi connectivity index (χ4n) is 3.57. The van der Waals surface area contributed by atoms with Gasteiger partial charge in [0.15, 0.2) is 6.10 Å². The van der Waals surface area contributed by atoms with Crippen LogP contribution in [0.4, 0.5) is 13.2 Å². The molecule has 0 aromatic carbocycles. The number of carbonyl (C=O) groups is 1. The van der Waals surface area contributed by atoms with Gasteiger partial charge in [-0.3, -0.25) is 0 Å². The molecule has 0 radical (unpaired) electrons. The van der Waals surface area contributed by atoms with Crippen molar-refractivity contribution >= 4 is 22.9 Å². The number of hydrogen-bond donors (Lipinski definition) is 0. The van der Waals surface area contributed by atoms with E-state index in [2.05, 4.69) is 0 Å². The number of hydrogen-bond acceptors (Lipinski definition) is 4. The first-order chi connectivity index (χ1) is 12.8.